The Bertz CT molecular complexity index is 1300. The molecule has 6 nitrogen and oxygen atoms in total. The van der Waals surface area contributed by atoms with Gasteiger partial charge < -0.3 is 14.2 Å². The minimum atomic E-state index is -0.479. The molecule has 0 saturated carbocycles. The second-order valence-electron chi connectivity index (χ2n) is 10.6. The van der Waals surface area contributed by atoms with Crippen LogP contribution in [0.3, 0.4) is 0 Å². The number of hydrogen-bond donors (Lipinski definition) is 0. The number of thioether (sulfide) groups is 1. The van der Waals surface area contributed by atoms with Crippen molar-refractivity contribution in [2.75, 3.05) is 12.4 Å². The first-order valence-corrected chi connectivity index (χ1v) is 16.6. The Labute approximate surface area is 266 Å². The molecule has 3 rings (SSSR count). The number of esters is 3. The van der Waals surface area contributed by atoms with E-state index in [0.717, 1.165) is 36.0 Å². The summed E-state index contributed by atoms with van der Waals surface area (Å²) in [4.78, 5) is 37.3. The summed E-state index contributed by atoms with van der Waals surface area (Å²) >= 11 is 1.67. The molecule has 0 radical (unpaired) electrons. The fraction of sp³-hybridized carbons (Fsp3) is 0.378. The van der Waals surface area contributed by atoms with Crippen LogP contribution in [0.4, 0.5) is 0 Å². The highest BCUT2D eigenvalue weighted by Gasteiger charge is 2.12. The number of unbranched alkanes of at least 4 members (excludes halogenated alkanes) is 8. The van der Waals surface area contributed by atoms with Gasteiger partial charge in [0.15, 0.2) is 0 Å². The zero-order chi connectivity index (χ0) is 31.4. The Morgan fingerprint density at radius 1 is 0.659 bits per heavy atom. The van der Waals surface area contributed by atoms with E-state index in [-0.39, 0.29) is 0 Å². The molecule has 0 fully saturated rings. The standard InChI is InChI=1S/C37H44O6S/c1-3-5-6-7-8-9-10-11-14-29-15-21-32(22-16-29)42-36(39)30-17-23-33(24-18-30)43-37(40)31-19-25-34(26-20-31)44-28-13-12-27-41-35(38)4-2/h4,15-26H,2-3,5-14,27-28H2,1H3. The lowest BCUT2D eigenvalue weighted by molar-refractivity contribution is -0.137. The van der Waals surface area contributed by atoms with E-state index in [9.17, 15) is 14.4 Å². The van der Waals surface area contributed by atoms with Crippen LogP contribution in [0.15, 0.2) is 90.3 Å². The molecule has 0 aliphatic carbocycles. The van der Waals surface area contributed by atoms with Crippen LogP contribution in [-0.2, 0) is 16.0 Å². The van der Waals surface area contributed by atoms with Crippen molar-refractivity contribution in [1.29, 1.82) is 0 Å². The van der Waals surface area contributed by atoms with Gasteiger partial charge >= 0.3 is 17.9 Å². The van der Waals surface area contributed by atoms with E-state index in [1.807, 2.05) is 36.4 Å². The number of rotatable bonds is 20. The van der Waals surface area contributed by atoms with Gasteiger partial charge in [-0.1, -0.05) is 70.6 Å². The molecule has 0 aromatic heterocycles. The number of hydrogen-bond acceptors (Lipinski definition) is 7. The van der Waals surface area contributed by atoms with Crippen molar-refractivity contribution >= 4 is 29.7 Å². The molecular weight excluding hydrogens is 572 g/mol. The predicted octanol–water partition coefficient (Wildman–Crippen LogP) is 9.41. The lowest BCUT2D eigenvalue weighted by atomic mass is 10.0. The van der Waals surface area contributed by atoms with Crippen molar-refractivity contribution in [3.05, 3.63) is 102 Å². The summed E-state index contributed by atoms with van der Waals surface area (Å²) in [5.74, 6) is 0.361. The molecule has 0 spiro atoms. The maximum Gasteiger partial charge on any atom is 0.343 e. The molecule has 0 atom stereocenters. The van der Waals surface area contributed by atoms with Crippen LogP contribution >= 0.6 is 11.8 Å². The number of carbonyl (C=O) groups is 3. The number of carbonyl (C=O) groups excluding carboxylic acids is 3. The van der Waals surface area contributed by atoms with E-state index in [4.69, 9.17) is 14.2 Å². The average Bonchev–Trinajstić information content (AvgIpc) is 3.05. The molecule has 0 bridgehead atoms. The fourth-order valence-corrected chi connectivity index (χ4v) is 5.40. The van der Waals surface area contributed by atoms with E-state index in [0.29, 0.717) is 29.2 Å². The van der Waals surface area contributed by atoms with Gasteiger partial charge in [-0.3, -0.25) is 0 Å². The largest absolute Gasteiger partial charge is 0.463 e. The number of ether oxygens (including phenoxy) is 3. The van der Waals surface area contributed by atoms with Crippen molar-refractivity contribution < 1.29 is 28.6 Å². The van der Waals surface area contributed by atoms with E-state index < -0.39 is 17.9 Å². The van der Waals surface area contributed by atoms with Crippen LogP contribution in [0, 0.1) is 0 Å². The molecule has 3 aromatic carbocycles. The Hall–Kier alpha value is -3.84. The second-order valence-corrected chi connectivity index (χ2v) is 11.8. The molecule has 44 heavy (non-hydrogen) atoms. The second kappa shape index (κ2) is 20.2. The van der Waals surface area contributed by atoms with Crippen LogP contribution in [0.5, 0.6) is 11.5 Å². The van der Waals surface area contributed by atoms with Gasteiger partial charge in [-0.25, -0.2) is 14.4 Å². The Morgan fingerprint density at radius 2 is 1.18 bits per heavy atom. The first-order chi connectivity index (χ1) is 21.5. The molecule has 0 unspecified atom stereocenters. The summed E-state index contributed by atoms with van der Waals surface area (Å²) in [5.41, 5.74) is 2.05. The van der Waals surface area contributed by atoms with Gasteiger partial charge in [0.1, 0.15) is 11.5 Å². The van der Waals surface area contributed by atoms with Crippen LogP contribution in [-0.4, -0.2) is 30.3 Å². The SMILES string of the molecule is C=CC(=O)OCCCCSc1ccc(C(=O)Oc2ccc(C(=O)Oc3ccc(CCCCCCCCCC)cc3)cc2)cc1. The van der Waals surface area contributed by atoms with Crippen LogP contribution < -0.4 is 9.47 Å². The van der Waals surface area contributed by atoms with E-state index in [1.54, 1.807) is 48.2 Å². The first kappa shape index (κ1) is 34.6. The molecule has 0 aliphatic heterocycles. The summed E-state index contributed by atoms with van der Waals surface area (Å²) in [5, 5.41) is 0. The fourth-order valence-electron chi connectivity index (χ4n) is 4.49. The Balaban J connectivity index is 1.36. The van der Waals surface area contributed by atoms with Gasteiger partial charge in [0.25, 0.3) is 0 Å². The normalized spacial score (nSPS) is 10.7. The smallest absolute Gasteiger partial charge is 0.343 e. The quantitative estimate of drug-likeness (QED) is 0.0411. The summed E-state index contributed by atoms with van der Waals surface area (Å²) < 4.78 is 16.0. The van der Waals surface area contributed by atoms with E-state index in [2.05, 4.69) is 13.5 Å². The zero-order valence-electron chi connectivity index (χ0n) is 25.8. The molecule has 234 valence electrons. The topological polar surface area (TPSA) is 78.9 Å². The first-order valence-electron chi connectivity index (χ1n) is 15.6. The minimum Gasteiger partial charge on any atom is -0.463 e. The third-order valence-electron chi connectivity index (χ3n) is 7.06. The number of benzene rings is 3. The van der Waals surface area contributed by atoms with Gasteiger partial charge in [0.2, 0.25) is 0 Å². The summed E-state index contributed by atoms with van der Waals surface area (Å²) in [6, 6.07) is 21.2. The highest BCUT2D eigenvalue weighted by molar-refractivity contribution is 7.99. The minimum absolute atomic E-state index is 0.340. The zero-order valence-corrected chi connectivity index (χ0v) is 26.6. The van der Waals surface area contributed by atoms with Crippen LogP contribution in [0.1, 0.15) is 97.4 Å². The van der Waals surface area contributed by atoms with Crippen molar-refractivity contribution in [3.63, 3.8) is 0 Å². The molecule has 7 heteroatoms. The summed E-state index contributed by atoms with van der Waals surface area (Å²) in [6.07, 6.45) is 14.2. The van der Waals surface area contributed by atoms with Gasteiger partial charge in [-0.2, -0.15) is 0 Å². The lowest BCUT2D eigenvalue weighted by Crippen LogP contribution is -2.10. The molecule has 0 heterocycles. The van der Waals surface area contributed by atoms with Gasteiger partial charge in [-0.05, 0) is 97.7 Å². The Morgan fingerprint density at radius 3 is 1.75 bits per heavy atom. The molecule has 0 aliphatic rings. The predicted molar refractivity (Wildman–Crippen MR) is 177 cm³/mol. The van der Waals surface area contributed by atoms with E-state index in [1.165, 1.54) is 56.9 Å². The van der Waals surface area contributed by atoms with Crippen molar-refractivity contribution in [3.8, 4) is 11.5 Å². The molecule has 3 aromatic rings. The third kappa shape index (κ3) is 13.2. The molecule has 0 N–H and O–H groups in total. The highest BCUT2D eigenvalue weighted by Crippen LogP contribution is 2.22. The third-order valence-corrected chi connectivity index (χ3v) is 8.16. The van der Waals surface area contributed by atoms with E-state index >= 15 is 0 Å². The van der Waals surface area contributed by atoms with Gasteiger partial charge in [0, 0.05) is 11.0 Å². The number of aryl methyl sites for hydroxylation is 1. The van der Waals surface area contributed by atoms with Crippen LogP contribution in [0.2, 0.25) is 0 Å². The molecule has 0 saturated heterocycles. The highest BCUT2D eigenvalue weighted by atomic mass is 32.2. The van der Waals surface area contributed by atoms with Gasteiger partial charge in [-0.15, -0.1) is 11.8 Å². The summed E-state index contributed by atoms with van der Waals surface area (Å²) in [6.45, 7) is 5.99. The average molecular weight is 617 g/mol. The van der Waals surface area contributed by atoms with Gasteiger partial charge in [0.05, 0.1) is 17.7 Å². The van der Waals surface area contributed by atoms with Crippen molar-refractivity contribution in [2.45, 2.75) is 82.4 Å². The summed E-state index contributed by atoms with van der Waals surface area (Å²) in [7, 11) is 0. The van der Waals surface area contributed by atoms with Crippen LogP contribution in [0.25, 0.3) is 0 Å². The monoisotopic (exact) mass is 616 g/mol. The maximum absolute atomic E-state index is 12.6. The molecular formula is C37H44O6S. The maximum atomic E-state index is 12.6. The Kier molecular flexibility index (Phi) is 15.9. The molecule has 0 amide bonds. The lowest BCUT2D eigenvalue weighted by Gasteiger charge is -2.08. The van der Waals surface area contributed by atoms with Crippen molar-refractivity contribution in [1.82, 2.24) is 0 Å². The van der Waals surface area contributed by atoms with Crippen molar-refractivity contribution in [2.24, 2.45) is 0 Å².